The van der Waals surface area contributed by atoms with E-state index in [0.29, 0.717) is 0 Å². The number of carbonyl (C=O) groups excluding carboxylic acids is 1. The minimum absolute atomic E-state index is 0.00413. The van der Waals surface area contributed by atoms with Crippen LogP contribution in [-0.4, -0.2) is 70.8 Å². The molecule has 0 aromatic heterocycles. The summed E-state index contributed by atoms with van der Waals surface area (Å²) >= 11 is 0. The summed E-state index contributed by atoms with van der Waals surface area (Å²) in [6.07, 6.45) is -4.51. The van der Waals surface area contributed by atoms with Crippen LogP contribution < -0.4 is 0 Å². The van der Waals surface area contributed by atoms with Gasteiger partial charge in [0.05, 0.1) is 32.0 Å². The van der Waals surface area contributed by atoms with E-state index in [2.05, 4.69) is 0 Å². The van der Waals surface area contributed by atoms with E-state index in [1.54, 1.807) is 0 Å². The van der Waals surface area contributed by atoms with Crippen molar-refractivity contribution in [1.82, 2.24) is 4.90 Å². The van der Waals surface area contributed by atoms with E-state index in [0.717, 1.165) is 24.3 Å². The largest absolute Gasteiger partial charge is 0.416 e. The number of hydrogen-bond donors (Lipinski definition) is 4. The Labute approximate surface area is 142 Å². The molecule has 0 bridgehead atoms. The number of likely N-dealkylation sites (tertiary alicyclic amines) is 1. The van der Waals surface area contributed by atoms with E-state index in [-0.39, 0.29) is 18.7 Å². The summed E-state index contributed by atoms with van der Waals surface area (Å²) < 4.78 is 37.8. The summed E-state index contributed by atoms with van der Waals surface area (Å²) in [5.41, 5.74) is -3.49. The molecule has 1 aromatic rings. The molecule has 1 fully saturated rings. The third-order valence-electron chi connectivity index (χ3n) is 5.07. The second-order valence-corrected chi connectivity index (χ2v) is 6.43. The smallest absolute Gasteiger partial charge is 0.396 e. The van der Waals surface area contributed by atoms with Gasteiger partial charge in [0.25, 0.3) is 5.91 Å². The highest BCUT2D eigenvalue weighted by molar-refractivity contribution is 5.94. The van der Waals surface area contributed by atoms with Gasteiger partial charge in [-0.2, -0.15) is 13.2 Å². The molecule has 1 saturated heterocycles. The second kappa shape index (κ2) is 6.91. The number of alkyl halides is 3. The van der Waals surface area contributed by atoms with E-state index in [1.807, 2.05) is 0 Å². The van der Waals surface area contributed by atoms with Crippen LogP contribution in [0.15, 0.2) is 24.3 Å². The molecule has 0 saturated carbocycles. The molecule has 0 radical (unpaired) electrons. The highest BCUT2D eigenvalue weighted by Crippen LogP contribution is 2.46. The minimum atomic E-state index is -4.51. The predicted octanol–water partition coefficient (Wildman–Crippen LogP) is 0.103. The number of aliphatic hydroxyl groups excluding tert-OH is 4. The molecular formula is C16H20F3NO5. The van der Waals surface area contributed by atoms with Crippen LogP contribution in [0.1, 0.15) is 15.9 Å². The molecule has 1 heterocycles. The maximum atomic E-state index is 12.6. The number of rotatable bonds is 5. The number of hydrogen-bond acceptors (Lipinski definition) is 5. The first kappa shape index (κ1) is 19.6. The van der Waals surface area contributed by atoms with Crippen LogP contribution in [-0.2, 0) is 6.18 Å². The minimum Gasteiger partial charge on any atom is -0.396 e. The van der Waals surface area contributed by atoms with Gasteiger partial charge in [-0.3, -0.25) is 4.79 Å². The summed E-state index contributed by atoms with van der Waals surface area (Å²) in [5.74, 6) is -0.608. The van der Waals surface area contributed by atoms with Gasteiger partial charge in [0, 0.05) is 29.5 Å². The molecule has 2 rings (SSSR count). The summed E-state index contributed by atoms with van der Waals surface area (Å²) in [6, 6.07) is 3.67. The first-order valence-electron chi connectivity index (χ1n) is 7.58. The number of nitrogens with zero attached hydrogens (tertiary/aromatic N) is 1. The Morgan fingerprint density at radius 1 is 0.920 bits per heavy atom. The highest BCUT2D eigenvalue weighted by Gasteiger charge is 2.58. The average Bonchev–Trinajstić information content (AvgIpc) is 2.96. The van der Waals surface area contributed by atoms with Crippen LogP contribution in [0, 0.1) is 10.8 Å². The monoisotopic (exact) mass is 363 g/mol. The van der Waals surface area contributed by atoms with E-state index < -0.39 is 54.9 Å². The Balaban J connectivity index is 2.29. The third-order valence-corrected chi connectivity index (χ3v) is 5.07. The molecular weight excluding hydrogens is 343 g/mol. The molecule has 9 heteroatoms. The van der Waals surface area contributed by atoms with Crippen molar-refractivity contribution in [2.24, 2.45) is 10.8 Å². The van der Waals surface area contributed by atoms with Crippen molar-refractivity contribution >= 4 is 5.91 Å². The first-order chi connectivity index (χ1) is 11.7. The highest BCUT2D eigenvalue weighted by atomic mass is 19.4. The molecule has 0 spiro atoms. The summed E-state index contributed by atoms with van der Waals surface area (Å²) in [5, 5.41) is 38.7. The first-order valence-corrected chi connectivity index (χ1v) is 7.58. The molecule has 25 heavy (non-hydrogen) atoms. The number of carbonyl (C=O) groups is 1. The Hall–Kier alpha value is -1.68. The Morgan fingerprint density at radius 2 is 1.32 bits per heavy atom. The quantitative estimate of drug-likeness (QED) is 0.595. The van der Waals surface area contributed by atoms with Crippen LogP contribution in [0.4, 0.5) is 13.2 Å². The second-order valence-electron chi connectivity index (χ2n) is 6.43. The van der Waals surface area contributed by atoms with Gasteiger partial charge in [0.2, 0.25) is 0 Å². The van der Waals surface area contributed by atoms with Crippen molar-refractivity contribution in [3.63, 3.8) is 0 Å². The molecule has 6 nitrogen and oxygen atoms in total. The molecule has 1 aromatic carbocycles. The van der Waals surface area contributed by atoms with Gasteiger partial charge in [-0.15, -0.1) is 0 Å². The fourth-order valence-electron chi connectivity index (χ4n) is 3.22. The lowest BCUT2D eigenvalue weighted by molar-refractivity contribution is -0.137. The Kier molecular flexibility index (Phi) is 5.43. The van der Waals surface area contributed by atoms with Crippen LogP contribution in [0.3, 0.4) is 0 Å². The Bertz CT molecular complexity index is 589. The van der Waals surface area contributed by atoms with Crippen molar-refractivity contribution in [3.8, 4) is 0 Å². The van der Waals surface area contributed by atoms with Crippen LogP contribution in [0.25, 0.3) is 0 Å². The number of benzene rings is 1. The van der Waals surface area contributed by atoms with Crippen LogP contribution in [0.2, 0.25) is 0 Å². The Morgan fingerprint density at radius 3 is 1.64 bits per heavy atom. The summed E-state index contributed by atoms with van der Waals surface area (Å²) in [7, 11) is 0. The average molecular weight is 363 g/mol. The maximum absolute atomic E-state index is 12.6. The lowest BCUT2D eigenvalue weighted by atomic mass is 9.67. The summed E-state index contributed by atoms with van der Waals surface area (Å²) in [6.45, 7) is -2.55. The fourth-order valence-corrected chi connectivity index (χ4v) is 3.22. The van der Waals surface area contributed by atoms with Crippen molar-refractivity contribution in [3.05, 3.63) is 35.4 Å². The zero-order chi connectivity index (χ0) is 18.9. The molecule has 0 unspecified atom stereocenters. The van der Waals surface area contributed by atoms with Crippen molar-refractivity contribution < 1.29 is 38.4 Å². The fraction of sp³-hybridized carbons (Fsp3) is 0.562. The molecule has 0 atom stereocenters. The zero-order valence-corrected chi connectivity index (χ0v) is 13.3. The normalized spacial score (nSPS) is 19.2. The molecule has 1 aliphatic rings. The maximum Gasteiger partial charge on any atom is 0.416 e. The van der Waals surface area contributed by atoms with E-state index >= 15 is 0 Å². The molecule has 4 N–H and O–H groups in total. The standard InChI is InChI=1S/C16H20F3NO5/c17-16(18,19)12-3-1-11(2-4-12)13(25)20-5-14(7-21,8-22)15(6-20,9-23)10-24/h1-4,21-24H,5-10H2. The van der Waals surface area contributed by atoms with Gasteiger partial charge >= 0.3 is 6.18 Å². The topological polar surface area (TPSA) is 101 Å². The van der Waals surface area contributed by atoms with Gasteiger partial charge in [0.15, 0.2) is 0 Å². The molecule has 140 valence electrons. The van der Waals surface area contributed by atoms with Gasteiger partial charge < -0.3 is 25.3 Å². The van der Waals surface area contributed by atoms with E-state index in [1.165, 1.54) is 4.90 Å². The van der Waals surface area contributed by atoms with Crippen LogP contribution in [0.5, 0.6) is 0 Å². The zero-order valence-electron chi connectivity index (χ0n) is 13.3. The lowest BCUT2D eigenvalue weighted by Gasteiger charge is -2.39. The molecule has 1 aliphatic heterocycles. The third kappa shape index (κ3) is 3.24. The SMILES string of the molecule is O=C(c1ccc(C(F)(F)F)cc1)N1CC(CO)(CO)C(CO)(CO)C1. The van der Waals surface area contributed by atoms with Crippen LogP contribution >= 0.6 is 0 Å². The van der Waals surface area contributed by atoms with Gasteiger partial charge in [-0.1, -0.05) is 0 Å². The van der Waals surface area contributed by atoms with Gasteiger partial charge in [-0.05, 0) is 24.3 Å². The predicted molar refractivity (Wildman–Crippen MR) is 80.6 cm³/mol. The summed E-state index contributed by atoms with van der Waals surface area (Å²) in [4.78, 5) is 13.8. The van der Waals surface area contributed by atoms with E-state index in [9.17, 15) is 38.4 Å². The van der Waals surface area contributed by atoms with Crippen molar-refractivity contribution in [1.29, 1.82) is 0 Å². The lowest BCUT2D eigenvalue weighted by Crippen LogP contribution is -2.51. The number of halogens is 3. The molecule has 1 amide bonds. The van der Waals surface area contributed by atoms with Crippen molar-refractivity contribution in [2.75, 3.05) is 39.5 Å². The number of amides is 1. The van der Waals surface area contributed by atoms with Crippen molar-refractivity contribution in [2.45, 2.75) is 6.18 Å². The molecule has 0 aliphatic carbocycles. The van der Waals surface area contributed by atoms with Gasteiger partial charge in [-0.25, -0.2) is 0 Å². The van der Waals surface area contributed by atoms with Gasteiger partial charge in [0.1, 0.15) is 0 Å². The number of aliphatic hydroxyl groups is 4. The van der Waals surface area contributed by atoms with E-state index in [4.69, 9.17) is 0 Å².